The zero-order valence-corrected chi connectivity index (χ0v) is 9.83. The van der Waals surface area contributed by atoms with E-state index in [1.54, 1.807) is 18.2 Å². The van der Waals surface area contributed by atoms with Crippen LogP contribution in [0.3, 0.4) is 0 Å². The van der Waals surface area contributed by atoms with Crippen molar-refractivity contribution in [2.45, 2.75) is 0 Å². The number of nitrogens with one attached hydrogen (secondary N) is 1. The Balaban J connectivity index is 2.22. The highest BCUT2D eigenvalue weighted by Crippen LogP contribution is 2.17. The molecular formula is C13H11N3O3. The van der Waals surface area contributed by atoms with Gasteiger partial charge in [-0.05, 0) is 24.3 Å². The van der Waals surface area contributed by atoms with Crippen LogP contribution < -0.4 is 11.1 Å². The number of nitrogens with zero attached hydrogens (tertiary/aromatic N) is 1. The number of carbonyl (C=O) groups is 2. The van der Waals surface area contributed by atoms with Crippen molar-refractivity contribution in [1.82, 2.24) is 4.98 Å². The van der Waals surface area contributed by atoms with Crippen molar-refractivity contribution in [3.63, 3.8) is 0 Å². The number of amides is 2. The topological polar surface area (TPSA) is 105 Å². The third-order valence-corrected chi connectivity index (χ3v) is 2.45. The Morgan fingerprint density at radius 2 is 2.05 bits per heavy atom. The van der Waals surface area contributed by atoms with Gasteiger partial charge in [0.05, 0.1) is 11.8 Å². The van der Waals surface area contributed by atoms with E-state index in [1.165, 1.54) is 24.5 Å². The summed E-state index contributed by atoms with van der Waals surface area (Å²) in [7, 11) is 0. The fraction of sp³-hybridized carbons (Fsp3) is 0. The maximum absolute atomic E-state index is 11.9. The first-order chi connectivity index (χ1) is 9.08. The lowest BCUT2D eigenvalue weighted by Crippen LogP contribution is -2.14. The molecule has 2 aromatic rings. The Kier molecular flexibility index (Phi) is 3.42. The van der Waals surface area contributed by atoms with Crippen molar-refractivity contribution in [3.05, 3.63) is 53.9 Å². The molecule has 0 aliphatic carbocycles. The summed E-state index contributed by atoms with van der Waals surface area (Å²) in [6.45, 7) is 0. The molecule has 0 aliphatic heterocycles. The summed E-state index contributed by atoms with van der Waals surface area (Å²) in [4.78, 5) is 26.6. The Labute approximate surface area is 108 Å². The zero-order valence-electron chi connectivity index (χ0n) is 9.83. The van der Waals surface area contributed by atoms with Gasteiger partial charge in [0.1, 0.15) is 5.75 Å². The minimum atomic E-state index is -0.581. The molecule has 1 aromatic carbocycles. The van der Waals surface area contributed by atoms with Crippen molar-refractivity contribution in [2.75, 3.05) is 5.32 Å². The van der Waals surface area contributed by atoms with Crippen LogP contribution in [0.4, 0.5) is 5.69 Å². The first-order valence-electron chi connectivity index (χ1n) is 5.42. The number of rotatable bonds is 3. The Bertz CT molecular complexity index is 641. The van der Waals surface area contributed by atoms with E-state index in [0.717, 1.165) is 0 Å². The van der Waals surface area contributed by atoms with Crippen molar-refractivity contribution in [1.29, 1.82) is 0 Å². The van der Waals surface area contributed by atoms with Crippen LogP contribution in [0.5, 0.6) is 5.75 Å². The average molecular weight is 257 g/mol. The molecule has 4 N–H and O–H groups in total. The monoisotopic (exact) mass is 257 g/mol. The summed E-state index contributed by atoms with van der Waals surface area (Å²) in [6.07, 6.45) is 2.57. The second-order valence-corrected chi connectivity index (χ2v) is 3.79. The first-order valence-corrected chi connectivity index (χ1v) is 5.42. The summed E-state index contributed by atoms with van der Waals surface area (Å²) < 4.78 is 0. The number of anilines is 1. The third-order valence-electron chi connectivity index (χ3n) is 2.45. The predicted octanol–water partition coefficient (Wildman–Crippen LogP) is 1.14. The van der Waals surface area contributed by atoms with E-state index in [1.807, 2.05) is 0 Å². The first kappa shape index (κ1) is 12.6. The molecule has 1 aromatic heterocycles. The minimum absolute atomic E-state index is 0.0967. The Morgan fingerprint density at radius 1 is 1.26 bits per heavy atom. The van der Waals surface area contributed by atoms with Crippen LogP contribution >= 0.6 is 0 Å². The van der Waals surface area contributed by atoms with Crippen molar-refractivity contribution in [2.24, 2.45) is 5.73 Å². The number of carbonyl (C=O) groups excluding carboxylic acids is 2. The van der Waals surface area contributed by atoms with Gasteiger partial charge in [0.25, 0.3) is 5.91 Å². The highest BCUT2D eigenvalue weighted by atomic mass is 16.3. The Hall–Kier alpha value is -2.89. The van der Waals surface area contributed by atoms with Crippen molar-refractivity contribution < 1.29 is 14.7 Å². The molecule has 0 aliphatic rings. The number of aromatic hydroxyl groups is 1. The number of nitrogens with two attached hydrogens (primary N) is 1. The molecule has 6 nitrogen and oxygen atoms in total. The summed E-state index contributed by atoms with van der Waals surface area (Å²) in [5.41, 5.74) is 5.95. The molecular weight excluding hydrogens is 246 g/mol. The van der Waals surface area contributed by atoms with Gasteiger partial charge in [0.2, 0.25) is 5.91 Å². The van der Waals surface area contributed by atoms with Gasteiger partial charge in [0, 0.05) is 17.4 Å². The van der Waals surface area contributed by atoms with E-state index in [2.05, 4.69) is 10.3 Å². The largest absolute Gasteiger partial charge is 0.505 e. The zero-order chi connectivity index (χ0) is 13.8. The normalized spacial score (nSPS) is 9.89. The average Bonchev–Trinajstić information content (AvgIpc) is 2.39. The molecule has 2 rings (SSSR count). The summed E-state index contributed by atoms with van der Waals surface area (Å²) >= 11 is 0. The highest BCUT2D eigenvalue weighted by molar-refractivity contribution is 6.06. The summed E-state index contributed by atoms with van der Waals surface area (Å²) in [6, 6.07) is 7.60. The maximum atomic E-state index is 11.9. The van der Waals surface area contributed by atoms with Gasteiger partial charge in [0.15, 0.2) is 0 Å². The number of benzene rings is 1. The molecule has 19 heavy (non-hydrogen) atoms. The standard InChI is InChI=1S/C13H11N3O3/c14-12(18)8-2-1-3-9(6-8)16-13(19)10-4-5-15-7-11(10)17/h1-7,17H,(H2,14,18)(H,16,19). The lowest BCUT2D eigenvalue weighted by Gasteiger charge is -2.07. The summed E-state index contributed by atoms with van der Waals surface area (Å²) in [5.74, 6) is -1.30. The van der Waals surface area contributed by atoms with Crippen LogP contribution in [0.1, 0.15) is 20.7 Å². The third kappa shape index (κ3) is 2.86. The van der Waals surface area contributed by atoms with E-state index in [0.29, 0.717) is 5.69 Å². The molecule has 6 heteroatoms. The van der Waals surface area contributed by atoms with E-state index in [9.17, 15) is 14.7 Å². The predicted molar refractivity (Wildman–Crippen MR) is 68.8 cm³/mol. The van der Waals surface area contributed by atoms with Gasteiger partial charge in [-0.3, -0.25) is 14.6 Å². The van der Waals surface area contributed by atoms with Gasteiger partial charge in [-0.15, -0.1) is 0 Å². The number of primary amides is 1. The number of hydrogen-bond donors (Lipinski definition) is 3. The van der Waals surface area contributed by atoms with Gasteiger partial charge in [-0.25, -0.2) is 0 Å². The molecule has 0 fully saturated rings. The van der Waals surface area contributed by atoms with Crippen LogP contribution in [0.15, 0.2) is 42.7 Å². The fourth-order valence-corrected chi connectivity index (χ4v) is 1.53. The minimum Gasteiger partial charge on any atom is -0.505 e. The van der Waals surface area contributed by atoms with Gasteiger partial charge >= 0.3 is 0 Å². The van der Waals surface area contributed by atoms with Gasteiger partial charge in [-0.2, -0.15) is 0 Å². The van der Waals surface area contributed by atoms with Crippen LogP contribution in [0, 0.1) is 0 Å². The van der Waals surface area contributed by atoms with Gasteiger partial charge < -0.3 is 16.2 Å². The molecule has 0 saturated heterocycles. The van der Waals surface area contributed by atoms with E-state index in [-0.39, 0.29) is 16.9 Å². The maximum Gasteiger partial charge on any atom is 0.259 e. The molecule has 2 amide bonds. The van der Waals surface area contributed by atoms with Crippen LogP contribution in [-0.4, -0.2) is 21.9 Å². The fourth-order valence-electron chi connectivity index (χ4n) is 1.53. The van der Waals surface area contributed by atoms with Crippen LogP contribution in [-0.2, 0) is 0 Å². The van der Waals surface area contributed by atoms with Crippen molar-refractivity contribution >= 4 is 17.5 Å². The highest BCUT2D eigenvalue weighted by Gasteiger charge is 2.11. The van der Waals surface area contributed by atoms with Crippen molar-refractivity contribution in [3.8, 4) is 5.75 Å². The lowest BCUT2D eigenvalue weighted by atomic mass is 10.1. The molecule has 0 bridgehead atoms. The number of aromatic nitrogens is 1. The lowest BCUT2D eigenvalue weighted by molar-refractivity contribution is 0.0995. The Morgan fingerprint density at radius 3 is 2.74 bits per heavy atom. The number of pyridine rings is 1. The second kappa shape index (κ2) is 5.18. The van der Waals surface area contributed by atoms with Crippen LogP contribution in [0.25, 0.3) is 0 Å². The molecule has 0 spiro atoms. The molecule has 96 valence electrons. The molecule has 0 saturated carbocycles. The second-order valence-electron chi connectivity index (χ2n) is 3.79. The molecule has 0 radical (unpaired) electrons. The van der Waals surface area contributed by atoms with E-state index < -0.39 is 11.8 Å². The molecule has 0 atom stereocenters. The summed E-state index contributed by atoms with van der Waals surface area (Å²) in [5, 5.41) is 12.1. The van der Waals surface area contributed by atoms with Gasteiger partial charge in [-0.1, -0.05) is 6.07 Å². The molecule has 1 heterocycles. The quantitative estimate of drug-likeness (QED) is 0.766. The smallest absolute Gasteiger partial charge is 0.259 e. The SMILES string of the molecule is NC(=O)c1cccc(NC(=O)c2ccncc2O)c1. The van der Waals surface area contributed by atoms with E-state index >= 15 is 0 Å². The van der Waals surface area contributed by atoms with E-state index in [4.69, 9.17) is 5.73 Å². The number of hydrogen-bond acceptors (Lipinski definition) is 4. The molecule has 0 unspecified atom stereocenters. The van der Waals surface area contributed by atoms with Crippen LogP contribution in [0.2, 0.25) is 0 Å².